The fourth-order valence-corrected chi connectivity index (χ4v) is 5.74. The van der Waals surface area contributed by atoms with Gasteiger partial charge in [-0.2, -0.15) is 0 Å². The third-order valence-corrected chi connectivity index (χ3v) is 7.70. The molecule has 33 heavy (non-hydrogen) atoms. The van der Waals surface area contributed by atoms with Crippen LogP contribution in [0.3, 0.4) is 0 Å². The third kappa shape index (κ3) is 5.32. The van der Waals surface area contributed by atoms with Crippen molar-refractivity contribution in [1.82, 2.24) is 14.8 Å². The number of nitrogens with one attached hydrogen (secondary N) is 1. The summed E-state index contributed by atoms with van der Waals surface area (Å²) in [5, 5.41) is 4.27. The summed E-state index contributed by atoms with van der Waals surface area (Å²) < 4.78 is 5.45. The highest BCUT2D eigenvalue weighted by molar-refractivity contribution is 7.15. The summed E-state index contributed by atoms with van der Waals surface area (Å²) >= 11 is 7.49. The Balaban J connectivity index is 1.11. The van der Waals surface area contributed by atoms with Crippen LogP contribution in [0.4, 0.5) is 10.8 Å². The van der Waals surface area contributed by atoms with Crippen molar-refractivity contribution in [2.75, 3.05) is 56.1 Å². The second kappa shape index (κ2) is 9.97. The number of rotatable bonds is 5. The Morgan fingerprint density at radius 1 is 1.15 bits per heavy atom. The summed E-state index contributed by atoms with van der Waals surface area (Å²) in [4.78, 5) is 37.4. The highest BCUT2D eigenvalue weighted by Gasteiger charge is 2.28. The van der Waals surface area contributed by atoms with Crippen molar-refractivity contribution in [3.63, 3.8) is 0 Å². The van der Waals surface area contributed by atoms with Gasteiger partial charge in [0.25, 0.3) is 5.91 Å². The van der Waals surface area contributed by atoms with Gasteiger partial charge in [0.05, 0.1) is 12.2 Å². The molecule has 2 amide bonds. The Bertz CT molecular complexity index is 1000. The van der Waals surface area contributed by atoms with Gasteiger partial charge >= 0.3 is 0 Å². The Morgan fingerprint density at radius 3 is 2.67 bits per heavy atom. The number of aromatic nitrogens is 1. The molecule has 1 unspecified atom stereocenters. The maximum Gasteiger partial charge on any atom is 0.255 e. The number of fused-ring (bicyclic) bond motifs is 1. The van der Waals surface area contributed by atoms with E-state index in [1.54, 1.807) is 0 Å². The topological polar surface area (TPSA) is 78.0 Å². The fraction of sp³-hybridized carbons (Fsp3) is 0.522. The van der Waals surface area contributed by atoms with Crippen LogP contribution in [0.5, 0.6) is 0 Å². The van der Waals surface area contributed by atoms with E-state index in [0.717, 1.165) is 73.3 Å². The van der Waals surface area contributed by atoms with Gasteiger partial charge in [0.1, 0.15) is 6.10 Å². The first-order valence-electron chi connectivity index (χ1n) is 11.5. The summed E-state index contributed by atoms with van der Waals surface area (Å²) in [7, 11) is 0. The lowest BCUT2D eigenvalue weighted by molar-refractivity contribution is -0.133. The molecule has 1 N–H and O–H groups in total. The molecule has 0 aliphatic carbocycles. The van der Waals surface area contributed by atoms with Crippen LogP contribution in [0, 0.1) is 0 Å². The predicted octanol–water partition coefficient (Wildman–Crippen LogP) is 2.62. The van der Waals surface area contributed by atoms with Crippen molar-refractivity contribution in [2.24, 2.45) is 0 Å². The Hall–Kier alpha value is -2.20. The van der Waals surface area contributed by atoms with E-state index in [9.17, 15) is 9.59 Å². The molecular formula is C23H28ClN5O3S. The maximum absolute atomic E-state index is 12.9. The molecule has 176 valence electrons. The standard InChI is InChI=1S/C23H28ClN5O3S/c24-16-3-5-17(6-4-16)28-9-11-29(12-10-28)21(30)15-27-8-7-18-20(14-27)33-23(25-18)26-22(31)19-2-1-13-32-19/h3-6,19H,1-2,7-15H2,(H,25,26,31). The van der Waals surface area contributed by atoms with Gasteiger partial charge in [-0.05, 0) is 37.1 Å². The van der Waals surface area contributed by atoms with Gasteiger partial charge in [0, 0.05) is 67.9 Å². The maximum atomic E-state index is 12.9. The molecule has 3 aliphatic heterocycles. The molecule has 0 saturated carbocycles. The van der Waals surface area contributed by atoms with E-state index in [-0.39, 0.29) is 17.9 Å². The van der Waals surface area contributed by atoms with Gasteiger partial charge in [-0.3, -0.25) is 19.8 Å². The minimum Gasteiger partial charge on any atom is -0.368 e. The van der Waals surface area contributed by atoms with Crippen molar-refractivity contribution < 1.29 is 14.3 Å². The third-order valence-electron chi connectivity index (χ3n) is 6.45. The van der Waals surface area contributed by atoms with E-state index in [0.29, 0.717) is 24.8 Å². The van der Waals surface area contributed by atoms with E-state index >= 15 is 0 Å². The monoisotopic (exact) mass is 489 g/mol. The van der Waals surface area contributed by atoms with Crippen molar-refractivity contribution in [1.29, 1.82) is 0 Å². The highest BCUT2D eigenvalue weighted by atomic mass is 35.5. The lowest BCUT2D eigenvalue weighted by Crippen LogP contribution is -2.51. The molecule has 2 aromatic rings. The lowest BCUT2D eigenvalue weighted by Gasteiger charge is -2.37. The smallest absolute Gasteiger partial charge is 0.255 e. The molecule has 0 radical (unpaired) electrons. The van der Waals surface area contributed by atoms with E-state index < -0.39 is 0 Å². The highest BCUT2D eigenvalue weighted by Crippen LogP contribution is 2.29. The number of hydrogen-bond acceptors (Lipinski definition) is 7. The molecule has 3 aliphatic rings. The number of anilines is 2. The number of nitrogens with zero attached hydrogens (tertiary/aromatic N) is 4. The molecule has 0 bridgehead atoms. The van der Waals surface area contributed by atoms with Crippen molar-refractivity contribution in [2.45, 2.75) is 31.9 Å². The van der Waals surface area contributed by atoms with Crippen LogP contribution >= 0.6 is 22.9 Å². The van der Waals surface area contributed by atoms with Crippen molar-refractivity contribution >= 4 is 45.6 Å². The molecule has 4 heterocycles. The quantitative estimate of drug-likeness (QED) is 0.695. The van der Waals surface area contributed by atoms with E-state index in [2.05, 4.69) is 20.1 Å². The van der Waals surface area contributed by atoms with Gasteiger partial charge in [-0.15, -0.1) is 11.3 Å². The molecule has 10 heteroatoms. The number of piperazine rings is 1. The zero-order chi connectivity index (χ0) is 22.8. The van der Waals surface area contributed by atoms with Crippen LogP contribution in [0.1, 0.15) is 23.4 Å². The average molecular weight is 490 g/mol. The largest absolute Gasteiger partial charge is 0.368 e. The second-order valence-corrected chi connectivity index (χ2v) is 10.2. The van der Waals surface area contributed by atoms with Gasteiger partial charge in [0.2, 0.25) is 5.91 Å². The molecule has 0 spiro atoms. The summed E-state index contributed by atoms with van der Waals surface area (Å²) in [5.74, 6) is 0.0639. The van der Waals surface area contributed by atoms with Gasteiger partial charge < -0.3 is 14.5 Å². The van der Waals surface area contributed by atoms with Crippen LogP contribution in [0.2, 0.25) is 5.02 Å². The second-order valence-electron chi connectivity index (χ2n) is 8.68. The SMILES string of the molecule is O=C(Nc1nc2c(s1)CN(CC(=O)N1CCN(c3ccc(Cl)cc3)CC1)CC2)C1CCCO1. The lowest BCUT2D eigenvalue weighted by atomic mass is 10.2. The number of ether oxygens (including phenoxy) is 1. The summed E-state index contributed by atoms with van der Waals surface area (Å²) in [6.45, 7) is 5.63. The minimum absolute atomic E-state index is 0.108. The van der Waals surface area contributed by atoms with Crippen LogP contribution < -0.4 is 10.2 Å². The molecule has 1 atom stereocenters. The molecule has 2 fully saturated rings. The van der Waals surface area contributed by atoms with E-state index in [4.69, 9.17) is 16.3 Å². The summed E-state index contributed by atoms with van der Waals surface area (Å²) in [5.41, 5.74) is 2.17. The number of carbonyl (C=O) groups is 2. The van der Waals surface area contributed by atoms with Crippen molar-refractivity contribution in [3.05, 3.63) is 39.9 Å². The molecule has 8 nitrogen and oxygen atoms in total. The minimum atomic E-state index is -0.361. The van der Waals surface area contributed by atoms with Crippen LogP contribution in [-0.4, -0.2) is 78.6 Å². The number of hydrogen-bond donors (Lipinski definition) is 1. The first-order chi connectivity index (χ1) is 16.0. The summed E-state index contributed by atoms with van der Waals surface area (Å²) in [6, 6.07) is 7.85. The summed E-state index contributed by atoms with van der Waals surface area (Å²) in [6.07, 6.45) is 2.12. The molecule has 5 rings (SSSR count). The number of benzene rings is 1. The van der Waals surface area contributed by atoms with Gasteiger partial charge in [-0.25, -0.2) is 4.98 Å². The number of amides is 2. The number of carbonyl (C=O) groups excluding carboxylic acids is 2. The molecule has 2 saturated heterocycles. The first kappa shape index (κ1) is 22.6. The van der Waals surface area contributed by atoms with E-state index in [1.165, 1.54) is 11.3 Å². The zero-order valence-electron chi connectivity index (χ0n) is 18.5. The van der Waals surface area contributed by atoms with E-state index in [1.807, 2.05) is 29.2 Å². The van der Waals surface area contributed by atoms with Crippen LogP contribution in [-0.2, 0) is 27.3 Å². The number of thiazole rings is 1. The molecule has 1 aromatic carbocycles. The van der Waals surface area contributed by atoms with Crippen molar-refractivity contribution in [3.8, 4) is 0 Å². The average Bonchev–Trinajstić information content (AvgIpc) is 3.49. The normalized spacial score (nSPS) is 21.2. The Morgan fingerprint density at radius 2 is 1.94 bits per heavy atom. The van der Waals surface area contributed by atoms with Gasteiger partial charge in [0.15, 0.2) is 5.13 Å². The Labute approximate surface area is 202 Å². The fourth-order valence-electron chi connectivity index (χ4n) is 4.56. The molecular weight excluding hydrogens is 462 g/mol. The van der Waals surface area contributed by atoms with Gasteiger partial charge in [-0.1, -0.05) is 11.6 Å². The van der Waals surface area contributed by atoms with Crippen LogP contribution in [0.25, 0.3) is 0 Å². The van der Waals surface area contributed by atoms with Crippen LogP contribution in [0.15, 0.2) is 24.3 Å². The predicted molar refractivity (Wildman–Crippen MR) is 129 cm³/mol. The molecule has 1 aromatic heterocycles. The Kier molecular flexibility index (Phi) is 6.82. The first-order valence-corrected chi connectivity index (χ1v) is 12.7. The zero-order valence-corrected chi connectivity index (χ0v) is 20.0. The number of halogens is 1.